The smallest absolute Gasteiger partial charge is 0.156 e. The van der Waals surface area contributed by atoms with Gasteiger partial charge in [-0.15, -0.1) is 0 Å². The van der Waals surface area contributed by atoms with Crippen LogP contribution in [0.25, 0.3) is 16.5 Å². The molecule has 1 heterocycles. The largest absolute Gasteiger partial charge is 0.347 e. The second-order valence-corrected chi connectivity index (χ2v) is 8.97. The molecule has 0 N–H and O–H groups in total. The molecule has 3 rings (SSSR count). The van der Waals surface area contributed by atoms with Crippen LogP contribution in [0.1, 0.15) is 98.1 Å². The highest BCUT2D eigenvalue weighted by atomic mass is 16.1. The van der Waals surface area contributed by atoms with Crippen LogP contribution in [0.4, 0.5) is 0 Å². The highest BCUT2D eigenvalue weighted by molar-refractivity contribution is 6.20. The average Bonchev–Trinajstić information content (AvgIpc) is 3.27. The van der Waals surface area contributed by atoms with Crippen LogP contribution in [0, 0.1) is 6.92 Å². The van der Waals surface area contributed by atoms with E-state index in [2.05, 4.69) is 64.3 Å². The molecule has 0 saturated heterocycles. The van der Waals surface area contributed by atoms with Gasteiger partial charge < -0.3 is 4.57 Å². The molecule has 0 unspecified atom stereocenters. The lowest BCUT2D eigenvalue weighted by Gasteiger charge is -2.03. The molecule has 0 saturated carbocycles. The van der Waals surface area contributed by atoms with Crippen molar-refractivity contribution < 1.29 is 9.59 Å². The van der Waals surface area contributed by atoms with Crippen LogP contribution in [0.15, 0.2) is 66.4 Å². The monoisotopic (exact) mass is 491 g/mol. The Morgan fingerprint density at radius 3 is 1.72 bits per heavy atom. The van der Waals surface area contributed by atoms with E-state index in [-0.39, 0.29) is 5.78 Å². The molecule has 0 amide bonds. The molecule has 198 valence electrons. The molecule has 36 heavy (non-hydrogen) atoms. The van der Waals surface area contributed by atoms with E-state index in [4.69, 9.17) is 0 Å². The number of aromatic nitrogens is 1. The molecule has 2 aromatic carbocycles. The number of aldehydes is 1. The van der Waals surface area contributed by atoms with E-state index in [9.17, 15) is 9.59 Å². The van der Waals surface area contributed by atoms with E-state index in [0.29, 0.717) is 11.1 Å². The van der Waals surface area contributed by atoms with Gasteiger partial charge in [-0.3, -0.25) is 9.59 Å². The Kier molecular flexibility index (Phi) is 18.6. The summed E-state index contributed by atoms with van der Waals surface area (Å²) in [6.45, 7) is 17.1. The van der Waals surface area contributed by atoms with Gasteiger partial charge in [0.2, 0.25) is 0 Å². The fourth-order valence-electron chi connectivity index (χ4n) is 3.05. The van der Waals surface area contributed by atoms with Crippen molar-refractivity contribution in [3.63, 3.8) is 0 Å². The molecule has 0 radical (unpaired) electrons. The standard InChI is InChI=1S/C18H21NO2.C7H8.2C4H10/c1-4-5-10-19-11-16(15-8-6-7-9-18(15)19)17(12-20)13(2)14(3)21;1-7-5-3-2-4-6-7;2*1-3-4-2/h6-9,11-12H,4-5,10H2,1-3H3;2-6H,1H3;2*3-4H2,1-2H3/b17-13+;;;. The van der Waals surface area contributed by atoms with Gasteiger partial charge in [-0.2, -0.15) is 0 Å². The Labute approximate surface area is 220 Å². The van der Waals surface area contributed by atoms with E-state index in [1.807, 2.05) is 42.6 Å². The third-order valence-electron chi connectivity index (χ3n) is 5.82. The quantitative estimate of drug-likeness (QED) is 0.232. The number of carbonyl (C=O) groups excluding carboxylic acids is 2. The van der Waals surface area contributed by atoms with Gasteiger partial charge in [-0.05, 0) is 33.3 Å². The SMILES string of the molecule is CCCC.CCCC.CCCCn1cc(/C(C=O)=C(\C)C(C)=O)c2ccccc21.Cc1ccccc1. The van der Waals surface area contributed by atoms with Gasteiger partial charge in [0, 0.05) is 40.4 Å². The molecule has 0 fully saturated rings. The van der Waals surface area contributed by atoms with Crippen LogP contribution in [-0.4, -0.2) is 16.6 Å². The molecule has 0 spiro atoms. The van der Waals surface area contributed by atoms with Gasteiger partial charge in [0.05, 0.1) is 0 Å². The number of unbranched alkanes of at least 4 members (excludes halogenated alkanes) is 3. The molecule has 0 aliphatic carbocycles. The minimum atomic E-state index is -0.0671. The van der Waals surface area contributed by atoms with Gasteiger partial charge in [0.1, 0.15) is 0 Å². The van der Waals surface area contributed by atoms with Gasteiger partial charge in [0.15, 0.2) is 12.1 Å². The molecule has 0 aliphatic heterocycles. The summed E-state index contributed by atoms with van der Waals surface area (Å²) in [5.74, 6) is -0.0671. The topological polar surface area (TPSA) is 39.1 Å². The van der Waals surface area contributed by atoms with Crippen molar-refractivity contribution in [3.05, 3.63) is 77.5 Å². The summed E-state index contributed by atoms with van der Waals surface area (Å²) in [7, 11) is 0. The van der Waals surface area contributed by atoms with Crippen molar-refractivity contribution in [2.45, 2.75) is 100 Å². The molecule has 3 nitrogen and oxygen atoms in total. The van der Waals surface area contributed by atoms with Gasteiger partial charge >= 0.3 is 0 Å². The van der Waals surface area contributed by atoms with Crippen LogP contribution in [0.3, 0.4) is 0 Å². The van der Waals surface area contributed by atoms with Crippen molar-refractivity contribution in [2.24, 2.45) is 0 Å². The maximum atomic E-state index is 11.6. The number of nitrogens with zero attached hydrogens (tertiary/aromatic N) is 1. The van der Waals surface area contributed by atoms with E-state index in [0.717, 1.165) is 42.1 Å². The number of carbonyl (C=O) groups is 2. The lowest BCUT2D eigenvalue weighted by Crippen LogP contribution is -1.99. The van der Waals surface area contributed by atoms with Gasteiger partial charge in [-0.1, -0.05) is 121 Å². The van der Waals surface area contributed by atoms with Gasteiger partial charge in [-0.25, -0.2) is 0 Å². The van der Waals surface area contributed by atoms with Crippen LogP contribution in [0.2, 0.25) is 0 Å². The van der Waals surface area contributed by atoms with E-state index in [1.54, 1.807) is 6.92 Å². The highest BCUT2D eigenvalue weighted by Crippen LogP contribution is 2.28. The molecular formula is C33H49NO2. The zero-order chi connectivity index (χ0) is 27.3. The number of allylic oxidation sites excluding steroid dienone is 2. The first-order chi connectivity index (χ1) is 17.3. The molecular weight excluding hydrogens is 442 g/mol. The minimum absolute atomic E-state index is 0.0671. The van der Waals surface area contributed by atoms with Crippen molar-refractivity contribution in [1.29, 1.82) is 0 Å². The molecule has 3 aromatic rings. The molecule has 0 bridgehead atoms. The molecule has 0 atom stereocenters. The Morgan fingerprint density at radius 2 is 1.31 bits per heavy atom. The van der Waals surface area contributed by atoms with Crippen molar-refractivity contribution >= 4 is 28.5 Å². The zero-order valence-corrected chi connectivity index (χ0v) is 24.1. The lowest BCUT2D eigenvalue weighted by atomic mass is 9.99. The summed E-state index contributed by atoms with van der Waals surface area (Å²) in [6, 6.07) is 18.3. The highest BCUT2D eigenvalue weighted by Gasteiger charge is 2.15. The fourth-order valence-corrected chi connectivity index (χ4v) is 3.05. The van der Waals surface area contributed by atoms with Crippen LogP contribution >= 0.6 is 0 Å². The van der Waals surface area contributed by atoms with Crippen LogP contribution in [-0.2, 0) is 16.1 Å². The number of benzene rings is 2. The maximum absolute atomic E-state index is 11.6. The van der Waals surface area contributed by atoms with Crippen molar-refractivity contribution in [2.75, 3.05) is 0 Å². The van der Waals surface area contributed by atoms with E-state index in [1.165, 1.54) is 38.2 Å². The van der Waals surface area contributed by atoms with E-state index < -0.39 is 0 Å². The first kappa shape index (κ1) is 33.1. The second-order valence-electron chi connectivity index (χ2n) is 8.97. The predicted molar refractivity (Wildman–Crippen MR) is 159 cm³/mol. The zero-order valence-electron chi connectivity index (χ0n) is 24.1. The Morgan fingerprint density at radius 1 is 0.778 bits per heavy atom. The summed E-state index contributed by atoms with van der Waals surface area (Å²) in [5.41, 5.74) is 4.29. The second kappa shape index (κ2) is 20.3. The normalized spacial score (nSPS) is 10.6. The maximum Gasteiger partial charge on any atom is 0.156 e. The first-order valence-electron chi connectivity index (χ1n) is 13.6. The summed E-state index contributed by atoms with van der Waals surface area (Å²) in [4.78, 5) is 23.1. The summed E-state index contributed by atoms with van der Waals surface area (Å²) < 4.78 is 2.17. The number of para-hydroxylation sites is 1. The number of fused-ring (bicyclic) bond motifs is 1. The summed E-state index contributed by atoms with van der Waals surface area (Å²) in [6.07, 6.45) is 10.3. The van der Waals surface area contributed by atoms with E-state index >= 15 is 0 Å². The fraction of sp³-hybridized carbons (Fsp3) is 0.455. The number of aryl methyl sites for hydroxylation is 2. The number of ketones is 1. The van der Waals surface area contributed by atoms with Crippen LogP contribution < -0.4 is 0 Å². The third kappa shape index (κ3) is 12.2. The third-order valence-corrected chi connectivity index (χ3v) is 5.82. The number of Topliss-reactive ketones (excluding diaryl/α,β-unsaturated/α-hetero) is 1. The minimum Gasteiger partial charge on any atom is -0.347 e. The predicted octanol–water partition coefficient (Wildman–Crippen LogP) is 9.61. The Hall–Kier alpha value is -2.94. The summed E-state index contributed by atoms with van der Waals surface area (Å²) >= 11 is 0. The molecule has 0 aliphatic rings. The Bertz CT molecular complexity index is 1020. The number of hydrogen-bond donors (Lipinski definition) is 0. The van der Waals surface area contributed by atoms with Gasteiger partial charge in [0.25, 0.3) is 0 Å². The van der Waals surface area contributed by atoms with Crippen molar-refractivity contribution in [3.8, 4) is 0 Å². The van der Waals surface area contributed by atoms with Crippen molar-refractivity contribution in [1.82, 2.24) is 4.57 Å². The molecule has 1 aromatic heterocycles. The molecule has 3 heteroatoms. The Balaban J connectivity index is 0.000000663. The summed E-state index contributed by atoms with van der Waals surface area (Å²) in [5, 5.41) is 1.02. The number of hydrogen-bond acceptors (Lipinski definition) is 2. The van der Waals surface area contributed by atoms with Crippen LogP contribution in [0.5, 0.6) is 0 Å². The number of rotatable bonds is 8. The lowest BCUT2D eigenvalue weighted by molar-refractivity contribution is -0.113. The average molecular weight is 492 g/mol. The first-order valence-corrected chi connectivity index (χ1v) is 13.6.